The molecule has 1 aromatic rings. The molecule has 0 radical (unpaired) electrons. The fourth-order valence-corrected chi connectivity index (χ4v) is 1.40. The lowest BCUT2D eigenvalue weighted by Crippen LogP contribution is -1.99. The minimum absolute atomic E-state index is 0.153. The lowest BCUT2D eigenvalue weighted by molar-refractivity contribution is 0.110. The van der Waals surface area contributed by atoms with E-state index < -0.39 is 17.7 Å². The molecule has 0 amide bonds. The lowest BCUT2D eigenvalue weighted by atomic mass is 10.1. The molecule has 0 bridgehead atoms. The average Bonchev–Trinajstić information content (AvgIpc) is 2.07. The molecular weight excluding hydrogens is 295 g/mol. The second kappa shape index (κ2) is 3.95. The molecule has 0 aliphatic heterocycles. The van der Waals surface area contributed by atoms with E-state index in [9.17, 15) is 13.6 Å². The van der Waals surface area contributed by atoms with Crippen LogP contribution in [0.4, 0.5) is 8.78 Å². The second-order valence-corrected chi connectivity index (χ2v) is 3.20. The molecule has 3 nitrogen and oxygen atoms in total. The van der Waals surface area contributed by atoms with Crippen LogP contribution in [0.15, 0.2) is 6.20 Å². The van der Waals surface area contributed by atoms with Crippen molar-refractivity contribution in [2.24, 2.45) is 0 Å². The molecule has 0 unspecified atom stereocenters. The number of halogens is 3. The van der Waals surface area contributed by atoms with Crippen molar-refractivity contribution in [3.05, 3.63) is 21.0 Å². The fraction of sp³-hybridized carbons (Fsp3) is 0.143. The highest BCUT2D eigenvalue weighted by molar-refractivity contribution is 14.1. The van der Waals surface area contributed by atoms with Crippen molar-refractivity contribution < 1.29 is 18.7 Å². The molecule has 0 aliphatic carbocycles. The van der Waals surface area contributed by atoms with Crippen LogP contribution in [0.3, 0.4) is 0 Å². The third-order valence-corrected chi connectivity index (χ3v) is 2.28. The number of hydrogen-bond donors (Lipinski definition) is 1. The Hall–Kier alpha value is -0.790. The van der Waals surface area contributed by atoms with E-state index in [1.807, 2.05) is 0 Å². The van der Waals surface area contributed by atoms with Crippen molar-refractivity contribution in [1.29, 1.82) is 0 Å². The predicted molar refractivity (Wildman–Crippen MR) is 49.0 cm³/mol. The van der Waals surface area contributed by atoms with Crippen LogP contribution in [0.25, 0.3) is 0 Å². The van der Waals surface area contributed by atoms with E-state index in [2.05, 4.69) is 4.98 Å². The summed E-state index contributed by atoms with van der Waals surface area (Å²) >= 11 is 1.65. The first-order valence-electron chi connectivity index (χ1n) is 3.18. The molecule has 70 valence electrons. The maximum atomic E-state index is 12.3. The molecule has 0 saturated carbocycles. The molecule has 13 heavy (non-hydrogen) atoms. The Morgan fingerprint density at radius 2 is 2.23 bits per heavy atom. The van der Waals surface area contributed by atoms with Crippen LogP contribution in [-0.2, 0) is 0 Å². The van der Waals surface area contributed by atoms with Gasteiger partial charge in [0.25, 0.3) is 6.43 Å². The van der Waals surface area contributed by atoms with Crippen molar-refractivity contribution >= 4 is 28.9 Å². The van der Waals surface area contributed by atoms with E-state index >= 15 is 0 Å². The Kier molecular flexibility index (Phi) is 3.12. The summed E-state index contributed by atoms with van der Waals surface area (Å²) in [6.07, 6.45) is -1.72. The smallest absolute Gasteiger partial charge is 0.268 e. The van der Waals surface area contributed by atoms with E-state index in [1.54, 1.807) is 22.6 Å². The quantitative estimate of drug-likeness (QED) is 0.517. The maximum absolute atomic E-state index is 12.3. The first kappa shape index (κ1) is 10.3. The van der Waals surface area contributed by atoms with Gasteiger partial charge in [0.05, 0.1) is 17.3 Å². The van der Waals surface area contributed by atoms with Crippen LogP contribution in [-0.4, -0.2) is 16.4 Å². The summed E-state index contributed by atoms with van der Waals surface area (Å²) in [4.78, 5) is 14.0. The number of nitrogens with zero attached hydrogens (tertiary/aromatic N) is 1. The van der Waals surface area contributed by atoms with Crippen LogP contribution in [0.5, 0.6) is 5.75 Å². The minimum Gasteiger partial charge on any atom is -0.506 e. The molecule has 0 fully saturated rings. The zero-order chi connectivity index (χ0) is 10.0. The number of carbonyl (C=O) groups excluding carboxylic acids is 1. The van der Waals surface area contributed by atoms with Gasteiger partial charge in [-0.2, -0.15) is 0 Å². The first-order chi connectivity index (χ1) is 6.07. The van der Waals surface area contributed by atoms with Crippen molar-refractivity contribution in [3.8, 4) is 5.75 Å². The zero-order valence-corrected chi connectivity index (χ0v) is 8.33. The van der Waals surface area contributed by atoms with Gasteiger partial charge in [-0.25, -0.2) is 13.8 Å². The van der Waals surface area contributed by atoms with Crippen LogP contribution < -0.4 is 0 Å². The van der Waals surface area contributed by atoms with E-state index in [4.69, 9.17) is 5.11 Å². The molecule has 0 atom stereocenters. The zero-order valence-electron chi connectivity index (χ0n) is 6.17. The van der Waals surface area contributed by atoms with Gasteiger partial charge in [-0.1, -0.05) is 0 Å². The van der Waals surface area contributed by atoms with E-state index in [0.717, 1.165) is 6.20 Å². The number of aromatic nitrogens is 1. The largest absolute Gasteiger partial charge is 0.506 e. The summed E-state index contributed by atoms with van der Waals surface area (Å²) in [7, 11) is 0. The number of carbonyl (C=O) groups is 1. The monoisotopic (exact) mass is 299 g/mol. The predicted octanol–water partition coefficient (Wildman–Crippen LogP) is 2.14. The molecular formula is C7H4F2INO2. The maximum Gasteiger partial charge on any atom is 0.268 e. The normalized spacial score (nSPS) is 10.5. The average molecular weight is 299 g/mol. The Morgan fingerprint density at radius 3 is 2.62 bits per heavy atom. The van der Waals surface area contributed by atoms with Gasteiger partial charge in [0, 0.05) is 0 Å². The SMILES string of the molecule is O=Cc1c(I)ncc(O)c1C(F)F. The third kappa shape index (κ3) is 1.93. The van der Waals surface area contributed by atoms with Crippen molar-refractivity contribution in [3.63, 3.8) is 0 Å². The highest BCUT2D eigenvalue weighted by Crippen LogP contribution is 2.31. The minimum atomic E-state index is -2.88. The van der Waals surface area contributed by atoms with Gasteiger partial charge in [-0.05, 0) is 22.6 Å². The fourth-order valence-electron chi connectivity index (χ4n) is 0.847. The highest BCUT2D eigenvalue weighted by atomic mass is 127. The Morgan fingerprint density at radius 1 is 1.62 bits per heavy atom. The van der Waals surface area contributed by atoms with E-state index in [-0.39, 0.29) is 15.6 Å². The van der Waals surface area contributed by atoms with Gasteiger partial charge in [-0.15, -0.1) is 0 Å². The molecule has 6 heteroatoms. The number of rotatable bonds is 2. The first-order valence-corrected chi connectivity index (χ1v) is 4.26. The summed E-state index contributed by atoms with van der Waals surface area (Å²) in [5.74, 6) is -0.655. The van der Waals surface area contributed by atoms with E-state index in [1.165, 1.54) is 0 Å². The summed E-state index contributed by atoms with van der Waals surface area (Å²) < 4.78 is 24.8. The van der Waals surface area contributed by atoms with Crippen molar-refractivity contribution in [1.82, 2.24) is 4.98 Å². The molecule has 1 rings (SSSR count). The molecule has 0 aliphatic rings. The summed E-state index contributed by atoms with van der Waals surface area (Å²) in [6.45, 7) is 0. The van der Waals surface area contributed by atoms with Gasteiger partial charge >= 0.3 is 0 Å². The van der Waals surface area contributed by atoms with Crippen LogP contribution in [0.1, 0.15) is 22.3 Å². The topological polar surface area (TPSA) is 50.2 Å². The number of hydrogen-bond acceptors (Lipinski definition) is 3. The van der Waals surface area contributed by atoms with Gasteiger partial charge in [0.1, 0.15) is 9.45 Å². The highest BCUT2D eigenvalue weighted by Gasteiger charge is 2.20. The van der Waals surface area contributed by atoms with Crippen LogP contribution in [0, 0.1) is 3.70 Å². The lowest BCUT2D eigenvalue weighted by Gasteiger charge is -2.06. The van der Waals surface area contributed by atoms with Crippen molar-refractivity contribution in [2.45, 2.75) is 6.43 Å². The Balaban J connectivity index is 3.43. The number of aromatic hydroxyl groups is 1. The van der Waals surface area contributed by atoms with E-state index in [0.29, 0.717) is 0 Å². The molecule has 1 N–H and O–H groups in total. The summed E-state index contributed by atoms with van der Waals surface area (Å²) in [5.41, 5.74) is -0.912. The summed E-state index contributed by atoms with van der Waals surface area (Å²) in [6, 6.07) is 0. The second-order valence-electron chi connectivity index (χ2n) is 2.18. The molecule has 1 aromatic heterocycles. The van der Waals surface area contributed by atoms with Gasteiger partial charge in [0.2, 0.25) is 0 Å². The van der Waals surface area contributed by atoms with Crippen LogP contribution >= 0.6 is 22.6 Å². The number of pyridine rings is 1. The number of aldehydes is 1. The number of alkyl halides is 2. The Labute approximate surface area is 85.9 Å². The molecule has 0 saturated heterocycles. The van der Waals surface area contributed by atoms with Gasteiger partial charge in [-0.3, -0.25) is 4.79 Å². The van der Waals surface area contributed by atoms with Gasteiger partial charge < -0.3 is 5.11 Å². The third-order valence-electron chi connectivity index (χ3n) is 1.42. The van der Waals surface area contributed by atoms with Gasteiger partial charge in [0.15, 0.2) is 6.29 Å². The molecule has 0 aromatic carbocycles. The molecule has 1 heterocycles. The van der Waals surface area contributed by atoms with Crippen molar-refractivity contribution in [2.75, 3.05) is 0 Å². The standard InChI is InChI=1S/C7H4F2INO2/c8-6(9)5-3(2-12)7(10)11-1-4(5)13/h1-2,6,13H. The van der Waals surface area contributed by atoms with Crippen LogP contribution in [0.2, 0.25) is 0 Å². The summed E-state index contributed by atoms with van der Waals surface area (Å²) in [5, 5.41) is 9.01. The Bertz CT molecular complexity index is 344. The molecule has 0 spiro atoms.